The molecule has 3 nitrogen and oxygen atoms in total. The molecule has 1 N–H and O–H groups in total. The van der Waals surface area contributed by atoms with Crippen molar-refractivity contribution in [3.8, 4) is 11.1 Å². The minimum Gasteiger partial charge on any atom is -0.381 e. The number of nitrogens with zero attached hydrogens (tertiary/aromatic N) is 1. The van der Waals surface area contributed by atoms with Crippen LogP contribution in [0.5, 0.6) is 0 Å². The highest BCUT2D eigenvalue weighted by molar-refractivity contribution is 5.71. The predicted molar refractivity (Wildman–Crippen MR) is 113 cm³/mol. The molecule has 27 heavy (non-hydrogen) atoms. The zero-order valence-corrected chi connectivity index (χ0v) is 16.5. The summed E-state index contributed by atoms with van der Waals surface area (Å²) < 4.78 is 5.60. The highest BCUT2D eigenvalue weighted by Gasteiger charge is 2.21. The van der Waals surface area contributed by atoms with Crippen LogP contribution in [0.2, 0.25) is 0 Å². The molecule has 0 aliphatic carbocycles. The van der Waals surface area contributed by atoms with Crippen molar-refractivity contribution in [2.45, 2.75) is 38.6 Å². The van der Waals surface area contributed by atoms with E-state index in [1.807, 2.05) is 0 Å². The van der Waals surface area contributed by atoms with E-state index in [2.05, 4.69) is 65.7 Å². The molecule has 2 aliphatic heterocycles. The van der Waals surface area contributed by atoms with Crippen molar-refractivity contribution in [2.24, 2.45) is 5.92 Å². The van der Waals surface area contributed by atoms with Crippen molar-refractivity contribution in [2.75, 3.05) is 37.7 Å². The SMILES string of the molecule is Cc1ccccc1-c1cccc(N2CCC(NC[C@@H]3CCCOC3)CC2)c1. The number of ether oxygens (including phenoxy) is 1. The Morgan fingerprint density at radius 2 is 1.89 bits per heavy atom. The number of nitrogens with one attached hydrogen (secondary N) is 1. The first kappa shape index (κ1) is 18.5. The second-order valence-electron chi connectivity index (χ2n) is 8.12. The van der Waals surface area contributed by atoms with Crippen LogP contribution in [0, 0.1) is 12.8 Å². The largest absolute Gasteiger partial charge is 0.381 e. The second-order valence-corrected chi connectivity index (χ2v) is 8.12. The molecular formula is C24H32N2O. The number of anilines is 1. The predicted octanol–water partition coefficient (Wildman–Crippen LogP) is 4.65. The van der Waals surface area contributed by atoms with Gasteiger partial charge in [-0.1, -0.05) is 36.4 Å². The van der Waals surface area contributed by atoms with E-state index in [0.717, 1.165) is 32.8 Å². The Kier molecular flexibility index (Phi) is 6.10. The molecule has 2 aliphatic rings. The molecule has 0 amide bonds. The minimum atomic E-state index is 0.655. The number of rotatable bonds is 5. The summed E-state index contributed by atoms with van der Waals surface area (Å²) in [7, 11) is 0. The first-order chi connectivity index (χ1) is 13.3. The first-order valence-corrected chi connectivity index (χ1v) is 10.5. The zero-order chi connectivity index (χ0) is 18.5. The van der Waals surface area contributed by atoms with Crippen LogP contribution in [-0.4, -0.2) is 38.9 Å². The average molecular weight is 365 g/mol. The molecule has 0 bridgehead atoms. The van der Waals surface area contributed by atoms with Crippen molar-refractivity contribution in [3.63, 3.8) is 0 Å². The maximum atomic E-state index is 5.60. The fourth-order valence-electron chi connectivity index (χ4n) is 4.41. The number of hydrogen-bond acceptors (Lipinski definition) is 3. The molecule has 0 spiro atoms. The Morgan fingerprint density at radius 1 is 1.04 bits per heavy atom. The molecule has 0 radical (unpaired) electrons. The monoisotopic (exact) mass is 364 g/mol. The van der Waals surface area contributed by atoms with Crippen molar-refractivity contribution in [1.29, 1.82) is 0 Å². The second kappa shape index (κ2) is 8.90. The van der Waals surface area contributed by atoms with E-state index in [1.165, 1.54) is 48.1 Å². The minimum absolute atomic E-state index is 0.655. The third kappa shape index (κ3) is 4.72. The van der Waals surface area contributed by atoms with Crippen LogP contribution in [0.3, 0.4) is 0 Å². The highest BCUT2D eigenvalue weighted by Crippen LogP contribution is 2.28. The summed E-state index contributed by atoms with van der Waals surface area (Å²) in [5, 5.41) is 3.80. The van der Waals surface area contributed by atoms with Gasteiger partial charge in [0.1, 0.15) is 0 Å². The van der Waals surface area contributed by atoms with Gasteiger partial charge in [-0.2, -0.15) is 0 Å². The summed E-state index contributed by atoms with van der Waals surface area (Å²) >= 11 is 0. The van der Waals surface area contributed by atoms with Gasteiger partial charge in [-0.05, 0) is 67.3 Å². The standard InChI is InChI=1S/C24H32N2O/c1-19-6-2-3-10-24(19)21-8-4-9-23(16-21)26-13-11-22(12-14-26)25-17-20-7-5-15-27-18-20/h2-4,6,8-10,16,20,22,25H,5,7,11-15,17-18H2,1H3/t20-/m0/s1. The maximum Gasteiger partial charge on any atom is 0.0506 e. The van der Waals surface area contributed by atoms with E-state index in [-0.39, 0.29) is 0 Å². The molecule has 4 rings (SSSR count). The van der Waals surface area contributed by atoms with Gasteiger partial charge >= 0.3 is 0 Å². The first-order valence-electron chi connectivity index (χ1n) is 10.5. The van der Waals surface area contributed by atoms with Gasteiger partial charge in [-0.25, -0.2) is 0 Å². The normalized spacial score (nSPS) is 21.4. The van der Waals surface area contributed by atoms with Crippen molar-refractivity contribution in [3.05, 3.63) is 54.1 Å². The van der Waals surface area contributed by atoms with Crippen LogP contribution in [0.1, 0.15) is 31.2 Å². The van der Waals surface area contributed by atoms with Gasteiger partial charge < -0.3 is 15.0 Å². The maximum absolute atomic E-state index is 5.60. The van der Waals surface area contributed by atoms with E-state index in [4.69, 9.17) is 4.74 Å². The average Bonchev–Trinajstić information content (AvgIpc) is 2.74. The van der Waals surface area contributed by atoms with Crippen LogP contribution < -0.4 is 10.2 Å². The summed E-state index contributed by atoms with van der Waals surface area (Å²) in [6.45, 7) is 7.48. The van der Waals surface area contributed by atoms with Crippen LogP contribution in [0.15, 0.2) is 48.5 Å². The molecule has 0 unspecified atom stereocenters. The van der Waals surface area contributed by atoms with E-state index in [9.17, 15) is 0 Å². The van der Waals surface area contributed by atoms with E-state index in [1.54, 1.807) is 0 Å². The topological polar surface area (TPSA) is 24.5 Å². The van der Waals surface area contributed by atoms with Gasteiger partial charge in [0.05, 0.1) is 6.61 Å². The van der Waals surface area contributed by atoms with Gasteiger partial charge in [0.2, 0.25) is 0 Å². The molecular weight excluding hydrogens is 332 g/mol. The summed E-state index contributed by atoms with van der Waals surface area (Å²) in [5.41, 5.74) is 5.35. The summed E-state index contributed by atoms with van der Waals surface area (Å²) in [4.78, 5) is 2.55. The lowest BCUT2D eigenvalue weighted by Crippen LogP contribution is -2.44. The molecule has 144 valence electrons. The van der Waals surface area contributed by atoms with Gasteiger partial charge in [-0.3, -0.25) is 0 Å². The Morgan fingerprint density at radius 3 is 2.67 bits per heavy atom. The van der Waals surface area contributed by atoms with Crippen molar-refractivity contribution < 1.29 is 4.74 Å². The Bertz CT molecular complexity index is 731. The van der Waals surface area contributed by atoms with Gasteiger partial charge in [0.25, 0.3) is 0 Å². The van der Waals surface area contributed by atoms with Gasteiger partial charge in [0, 0.05) is 38.0 Å². The van der Waals surface area contributed by atoms with Crippen LogP contribution in [-0.2, 0) is 4.74 Å². The summed E-state index contributed by atoms with van der Waals surface area (Å²) in [5.74, 6) is 0.711. The third-order valence-electron chi connectivity index (χ3n) is 6.11. The molecule has 3 heteroatoms. The molecule has 2 heterocycles. The van der Waals surface area contributed by atoms with Crippen LogP contribution in [0.4, 0.5) is 5.69 Å². The highest BCUT2D eigenvalue weighted by atomic mass is 16.5. The number of piperidine rings is 1. The summed E-state index contributed by atoms with van der Waals surface area (Å²) in [6.07, 6.45) is 4.99. The molecule has 2 aromatic rings. The lowest BCUT2D eigenvalue weighted by Gasteiger charge is -2.35. The molecule has 0 saturated carbocycles. The quantitative estimate of drug-likeness (QED) is 0.836. The van der Waals surface area contributed by atoms with Crippen molar-refractivity contribution >= 4 is 5.69 Å². The van der Waals surface area contributed by atoms with Crippen molar-refractivity contribution in [1.82, 2.24) is 5.32 Å². The van der Waals surface area contributed by atoms with E-state index < -0.39 is 0 Å². The van der Waals surface area contributed by atoms with Crippen LogP contribution in [0.25, 0.3) is 11.1 Å². The summed E-state index contributed by atoms with van der Waals surface area (Å²) in [6, 6.07) is 18.4. The van der Waals surface area contributed by atoms with E-state index >= 15 is 0 Å². The van der Waals surface area contributed by atoms with Crippen LogP contribution >= 0.6 is 0 Å². The molecule has 1 atom stereocenters. The molecule has 2 aromatic carbocycles. The van der Waals surface area contributed by atoms with E-state index in [0.29, 0.717) is 12.0 Å². The Hall–Kier alpha value is -1.84. The number of hydrogen-bond donors (Lipinski definition) is 1. The smallest absolute Gasteiger partial charge is 0.0506 e. The molecule has 0 aromatic heterocycles. The third-order valence-corrected chi connectivity index (χ3v) is 6.11. The fraction of sp³-hybridized carbons (Fsp3) is 0.500. The van der Waals surface area contributed by atoms with Gasteiger partial charge in [-0.15, -0.1) is 0 Å². The Balaban J connectivity index is 1.33. The fourth-order valence-corrected chi connectivity index (χ4v) is 4.41. The lowest BCUT2D eigenvalue weighted by atomic mass is 9.98. The molecule has 2 fully saturated rings. The Labute approximate surface area is 163 Å². The molecule has 2 saturated heterocycles. The lowest BCUT2D eigenvalue weighted by molar-refractivity contribution is 0.0535. The number of benzene rings is 2. The number of aryl methyl sites for hydroxylation is 1. The zero-order valence-electron chi connectivity index (χ0n) is 16.5. The van der Waals surface area contributed by atoms with Gasteiger partial charge in [0.15, 0.2) is 0 Å².